The van der Waals surface area contributed by atoms with Crippen LogP contribution >= 0.6 is 0 Å². The van der Waals surface area contributed by atoms with Crippen molar-refractivity contribution < 1.29 is 19.5 Å². The third-order valence-corrected chi connectivity index (χ3v) is 3.26. The number of piperidine rings is 1. The van der Waals surface area contributed by atoms with E-state index in [9.17, 15) is 14.4 Å². The van der Waals surface area contributed by atoms with Crippen molar-refractivity contribution >= 4 is 17.8 Å². The van der Waals surface area contributed by atoms with Crippen LogP contribution in [0.15, 0.2) is 0 Å². The minimum atomic E-state index is -0.930. The van der Waals surface area contributed by atoms with Crippen LogP contribution in [0.5, 0.6) is 0 Å². The van der Waals surface area contributed by atoms with Crippen LogP contribution in [-0.4, -0.2) is 46.9 Å². The molecule has 2 unspecified atom stereocenters. The summed E-state index contributed by atoms with van der Waals surface area (Å²) in [6.07, 6.45) is 0.362. The van der Waals surface area contributed by atoms with Crippen molar-refractivity contribution in [2.45, 2.75) is 40.2 Å². The Hall–Kier alpha value is -1.59. The van der Waals surface area contributed by atoms with Crippen molar-refractivity contribution in [1.82, 2.24) is 10.2 Å². The molecular weight excluding hydrogens is 248 g/mol. The third-order valence-electron chi connectivity index (χ3n) is 3.26. The normalized spacial score (nSPS) is 23.9. The quantitative estimate of drug-likeness (QED) is 0.763. The number of nitrogens with zero attached hydrogens (tertiary/aromatic N) is 1. The molecular formula is C13H22N2O4. The van der Waals surface area contributed by atoms with E-state index in [-0.39, 0.29) is 24.4 Å². The highest BCUT2D eigenvalue weighted by molar-refractivity contribution is 5.82. The average Bonchev–Trinajstić information content (AvgIpc) is 2.27. The van der Waals surface area contributed by atoms with Crippen LogP contribution in [0, 0.1) is 11.3 Å². The maximum absolute atomic E-state index is 11.9. The second-order valence-corrected chi connectivity index (χ2v) is 6.12. The highest BCUT2D eigenvalue weighted by Crippen LogP contribution is 2.20. The van der Waals surface area contributed by atoms with E-state index in [1.807, 2.05) is 0 Å². The van der Waals surface area contributed by atoms with E-state index in [0.717, 1.165) is 0 Å². The lowest BCUT2D eigenvalue weighted by Gasteiger charge is -2.37. The molecule has 6 heteroatoms. The van der Waals surface area contributed by atoms with Crippen molar-refractivity contribution in [3.05, 3.63) is 0 Å². The predicted molar refractivity (Wildman–Crippen MR) is 69.4 cm³/mol. The van der Waals surface area contributed by atoms with Gasteiger partial charge in [0.05, 0.1) is 5.92 Å². The lowest BCUT2D eigenvalue weighted by molar-refractivity contribution is -0.147. The lowest BCUT2D eigenvalue weighted by Crippen LogP contribution is -2.55. The minimum Gasteiger partial charge on any atom is -0.481 e. The van der Waals surface area contributed by atoms with Gasteiger partial charge in [-0.25, -0.2) is 0 Å². The van der Waals surface area contributed by atoms with Gasteiger partial charge in [0, 0.05) is 31.5 Å². The first-order valence-corrected chi connectivity index (χ1v) is 6.40. The molecule has 1 fully saturated rings. The zero-order valence-corrected chi connectivity index (χ0v) is 11.9. The van der Waals surface area contributed by atoms with Gasteiger partial charge in [0.25, 0.3) is 0 Å². The van der Waals surface area contributed by atoms with Gasteiger partial charge in [-0.15, -0.1) is 0 Å². The number of likely N-dealkylation sites (tertiary alicyclic amines) is 1. The van der Waals surface area contributed by atoms with Crippen molar-refractivity contribution in [2.24, 2.45) is 11.3 Å². The summed E-state index contributed by atoms with van der Waals surface area (Å²) in [7, 11) is 0. The molecule has 0 radical (unpaired) electrons. The zero-order valence-electron chi connectivity index (χ0n) is 11.9. The minimum absolute atomic E-state index is 0.132. The van der Waals surface area contributed by atoms with Gasteiger partial charge in [-0.2, -0.15) is 0 Å². The van der Waals surface area contributed by atoms with E-state index >= 15 is 0 Å². The fourth-order valence-corrected chi connectivity index (χ4v) is 2.04. The maximum atomic E-state index is 11.9. The maximum Gasteiger partial charge on any atom is 0.308 e. The number of carbonyl (C=O) groups is 3. The largest absolute Gasteiger partial charge is 0.481 e. The van der Waals surface area contributed by atoms with Crippen LogP contribution in [0.25, 0.3) is 0 Å². The summed E-state index contributed by atoms with van der Waals surface area (Å²) in [6.45, 7) is 7.38. The Bertz CT molecular complexity index is 365. The van der Waals surface area contributed by atoms with Gasteiger partial charge in [-0.05, 0) is 6.42 Å². The van der Waals surface area contributed by atoms with Gasteiger partial charge in [0.2, 0.25) is 11.8 Å². The van der Waals surface area contributed by atoms with Crippen LogP contribution in [0.3, 0.4) is 0 Å². The lowest BCUT2D eigenvalue weighted by atomic mass is 9.91. The number of carbonyl (C=O) groups excluding carboxylic acids is 2. The molecule has 2 N–H and O–H groups in total. The Morgan fingerprint density at radius 2 is 1.79 bits per heavy atom. The van der Waals surface area contributed by atoms with Crippen LogP contribution in [0.1, 0.15) is 34.1 Å². The summed E-state index contributed by atoms with van der Waals surface area (Å²) in [5.41, 5.74) is -0.531. The zero-order chi connectivity index (χ0) is 14.8. The Labute approximate surface area is 113 Å². The number of rotatable bonds is 2. The molecule has 6 nitrogen and oxygen atoms in total. The van der Waals surface area contributed by atoms with Gasteiger partial charge in [-0.1, -0.05) is 20.8 Å². The van der Waals surface area contributed by atoms with Crippen LogP contribution < -0.4 is 5.32 Å². The molecule has 108 valence electrons. The molecule has 0 spiro atoms. The van der Waals surface area contributed by atoms with Crippen LogP contribution in [-0.2, 0) is 14.4 Å². The average molecular weight is 270 g/mol. The van der Waals surface area contributed by atoms with E-state index < -0.39 is 17.3 Å². The highest BCUT2D eigenvalue weighted by atomic mass is 16.4. The number of aliphatic carboxylic acids is 1. The van der Waals surface area contributed by atoms with Crippen molar-refractivity contribution in [2.75, 3.05) is 13.1 Å². The first kappa shape index (κ1) is 15.5. The molecule has 2 atom stereocenters. The molecule has 1 saturated heterocycles. The van der Waals surface area contributed by atoms with Crippen LogP contribution in [0.2, 0.25) is 0 Å². The molecule has 2 amide bonds. The Morgan fingerprint density at radius 3 is 2.21 bits per heavy atom. The Morgan fingerprint density at radius 1 is 1.21 bits per heavy atom. The molecule has 1 rings (SSSR count). The van der Waals surface area contributed by atoms with E-state index in [2.05, 4.69) is 5.32 Å². The first-order chi connectivity index (χ1) is 8.61. The van der Waals surface area contributed by atoms with Crippen molar-refractivity contribution in [3.8, 4) is 0 Å². The van der Waals surface area contributed by atoms with Gasteiger partial charge in [0.1, 0.15) is 0 Å². The van der Waals surface area contributed by atoms with E-state index in [0.29, 0.717) is 13.0 Å². The molecule has 1 aliphatic heterocycles. The second kappa shape index (κ2) is 5.59. The topological polar surface area (TPSA) is 86.7 Å². The smallest absolute Gasteiger partial charge is 0.308 e. The van der Waals surface area contributed by atoms with Crippen molar-refractivity contribution in [1.29, 1.82) is 0 Å². The predicted octanol–water partition coefficient (Wildman–Crippen LogP) is 0.470. The third kappa shape index (κ3) is 4.22. The monoisotopic (exact) mass is 270 g/mol. The summed E-state index contributed by atoms with van der Waals surface area (Å²) in [4.78, 5) is 35.9. The first-order valence-electron chi connectivity index (χ1n) is 6.40. The van der Waals surface area contributed by atoms with E-state index in [4.69, 9.17) is 5.11 Å². The number of amides is 2. The van der Waals surface area contributed by atoms with E-state index in [1.54, 1.807) is 20.8 Å². The number of carboxylic acids is 1. The Balaban J connectivity index is 2.74. The van der Waals surface area contributed by atoms with Crippen molar-refractivity contribution in [3.63, 3.8) is 0 Å². The molecule has 1 aliphatic rings. The van der Waals surface area contributed by atoms with Gasteiger partial charge in [0.15, 0.2) is 0 Å². The standard InChI is InChI=1S/C13H22N2O4/c1-8(16)15-6-9(11(17)18)5-10(7-15)14-12(19)13(2,3)4/h9-10H,5-7H2,1-4H3,(H,14,19)(H,17,18). The fourth-order valence-electron chi connectivity index (χ4n) is 2.04. The van der Waals surface area contributed by atoms with Gasteiger partial charge in [-0.3, -0.25) is 14.4 Å². The number of hydrogen-bond acceptors (Lipinski definition) is 3. The van der Waals surface area contributed by atoms with E-state index in [1.165, 1.54) is 11.8 Å². The number of hydrogen-bond donors (Lipinski definition) is 2. The SMILES string of the molecule is CC(=O)N1CC(NC(=O)C(C)(C)C)CC(C(=O)O)C1. The molecule has 0 aromatic rings. The van der Waals surface area contributed by atoms with Gasteiger partial charge >= 0.3 is 5.97 Å². The number of nitrogens with one attached hydrogen (secondary N) is 1. The fraction of sp³-hybridized carbons (Fsp3) is 0.769. The number of carboxylic acid groups (broad SMARTS) is 1. The Kier molecular flexibility index (Phi) is 4.55. The molecule has 1 heterocycles. The molecule has 19 heavy (non-hydrogen) atoms. The van der Waals surface area contributed by atoms with Crippen LogP contribution in [0.4, 0.5) is 0 Å². The van der Waals surface area contributed by atoms with Gasteiger partial charge < -0.3 is 15.3 Å². The molecule has 0 bridgehead atoms. The summed E-state index contributed by atoms with van der Waals surface area (Å²) in [5, 5.41) is 11.9. The molecule has 0 aromatic carbocycles. The summed E-state index contributed by atoms with van der Waals surface area (Å²) >= 11 is 0. The second-order valence-electron chi connectivity index (χ2n) is 6.12. The molecule has 0 aliphatic carbocycles. The summed E-state index contributed by atoms with van der Waals surface area (Å²) in [6, 6.07) is -0.300. The summed E-state index contributed by atoms with van der Waals surface area (Å²) < 4.78 is 0. The molecule has 0 aromatic heterocycles. The summed E-state index contributed by atoms with van der Waals surface area (Å²) in [5.74, 6) is -1.85. The molecule has 0 saturated carbocycles. The highest BCUT2D eigenvalue weighted by Gasteiger charge is 2.34.